The standard InChI is InChI=1S/C44H58N8O6/c1-23(2)35(49-41(55)57-5)39(53)51-30-17-26(30)19-32(51)37-45-21-29(47-37)25-7-9-28(10-8-25)43-11-14-44(15-12-43,16-13-43)34-22-46-38(48-34)33-20-27-18-31(27)52(33)40(54)36(24(3)4)50-42(56)58-6/h7-10,21-24,26-27,30-33,35-36H,11-20H2,1-6H3,(H,45,47)(H,46,48)(H,49,55)(H,50,56)/t26?,27?,30?,31?,32-,33-,35-,36-,43?,44?/m0/s1. The van der Waals surface area contributed by atoms with E-state index in [-0.39, 0.29) is 58.6 Å². The van der Waals surface area contributed by atoms with Crippen LogP contribution in [0.4, 0.5) is 9.59 Å². The summed E-state index contributed by atoms with van der Waals surface area (Å²) in [5.41, 5.74) is 4.79. The highest BCUT2D eigenvalue weighted by atomic mass is 16.5. The lowest BCUT2D eigenvalue weighted by Crippen LogP contribution is -2.52. The Morgan fingerprint density at radius 2 is 1.14 bits per heavy atom. The zero-order valence-corrected chi connectivity index (χ0v) is 34.5. The third-order valence-corrected chi connectivity index (χ3v) is 14.9. The van der Waals surface area contributed by atoms with Gasteiger partial charge >= 0.3 is 12.2 Å². The fraction of sp³-hybridized carbons (Fsp3) is 0.636. The molecule has 4 heterocycles. The molecule has 4 unspecified atom stereocenters. The first-order valence-electron chi connectivity index (χ1n) is 21.4. The van der Waals surface area contributed by atoms with Crippen LogP contribution in [0.2, 0.25) is 0 Å². The maximum atomic E-state index is 13.9. The Labute approximate surface area is 340 Å². The second-order valence-electron chi connectivity index (χ2n) is 18.8. The normalized spacial score (nSPS) is 31.4. The van der Waals surface area contributed by atoms with Crippen LogP contribution in [-0.4, -0.2) is 92.1 Å². The topological polar surface area (TPSA) is 175 Å². The van der Waals surface area contributed by atoms with Gasteiger partial charge < -0.3 is 39.9 Å². The van der Waals surface area contributed by atoms with Crippen LogP contribution in [0.5, 0.6) is 0 Å². The van der Waals surface area contributed by atoms with E-state index >= 15 is 0 Å². The summed E-state index contributed by atoms with van der Waals surface area (Å²) in [5.74, 6) is 2.31. The molecule has 0 radical (unpaired) electrons. The zero-order chi connectivity index (χ0) is 40.7. The number of nitrogens with zero attached hydrogens (tertiary/aromatic N) is 4. The van der Waals surface area contributed by atoms with Gasteiger partial charge in [0.15, 0.2) is 0 Å². The number of fused-ring (bicyclic) bond motifs is 5. The Morgan fingerprint density at radius 3 is 1.62 bits per heavy atom. The van der Waals surface area contributed by atoms with E-state index in [1.807, 2.05) is 49.9 Å². The molecule has 58 heavy (non-hydrogen) atoms. The van der Waals surface area contributed by atoms with Crippen LogP contribution in [0.15, 0.2) is 36.7 Å². The molecule has 14 heteroatoms. The number of hydrogen-bond donors (Lipinski definition) is 4. The van der Waals surface area contributed by atoms with Crippen molar-refractivity contribution in [3.63, 3.8) is 0 Å². The Hall–Kier alpha value is -4.88. The minimum atomic E-state index is -0.662. The molecule has 5 saturated carbocycles. The van der Waals surface area contributed by atoms with Gasteiger partial charge in [0.2, 0.25) is 11.8 Å². The number of aromatic nitrogens is 4. The second kappa shape index (κ2) is 14.4. The summed E-state index contributed by atoms with van der Waals surface area (Å²) < 4.78 is 9.65. The van der Waals surface area contributed by atoms with Gasteiger partial charge in [-0.1, -0.05) is 52.0 Å². The molecule has 7 fully saturated rings. The molecule has 2 aliphatic heterocycles. The van der Waals surface area contributed by atoms with Crippen molar-refractivity contribution in [1.29, 1.82) is 0 Å². The first kappa shape index (κ1) is 38.6. The molecule has 2 saturated heterocycles. The van der Waals surface area contributed by atoms with Crippen LogP contribution in [0.3, 0.4) is 0 Å². The van der Waals surface area contributed by atoms with Crippen molar-refractivity contribution in [2.45, 2.75) is 139 Å². The second-order valence-corrected chi connectivity index (χ2v) is 18.8. The molecular formula is C44H58N8O6. The van der Waals surface area contributed by atoms with Crippen LogP contribution >= 0.6 is 0 Å². The molecule has 10 rings (SSSR count). The number of benzene rings is 1. The lowest BCUT2D eigenvalue weighted by Gasteiger charge is -2.53. The number of carbonyl (C=O) groups excluding carboxylic acids is 4. The van der Waals surface area contributed by atoms with Crippen LogP contribution in [-0.2, 0) is 29.9 Å². The number of piperidine rings is 2. The molecule has 1 aromatic carbocycles. The Balaban J connectivity index is 0.856. The lowest BCUT2D eigenvalue weighted by molar-refractivity contribution is -0.137. The molecule has 4 amide bonds. The monoisotopic (exact) mass is 794 g/mol. The molecular weight excluding hydrogens is 737 g/mol. The Kier molecular flexibility index (Phi) is 9.62. The van der Waals surface area contributed by atoms with Crippen LogP contribution in [0.1, 0.15) is 127 Å². The largest absolute Gasteiger partial charge is 0.453 e. The minimum Gasteiger partial charge on any atom is -0.453 e. The van der Waals surface area contributed by atoms with Gasteiger partial charge in [0.1, 0.15) is 23.7 Å². The zero-order valence-electron chi connectivity index (χ0n) is 34.5. The number of nitrogens with one attached hydrogen (secondary N) is 4. The van der Waals surface area contributed by atoms with E-state index in [2.05, 4.69) is 44.9 Å². The molecule has 7 aliphatic rings. The number of likely N-dealkylation sites (tertiary alicyclic amines) is 2. The van der Waals surface area contributed by atoms with E-state index < -0.39 is 24.3 Å². The van der Waals surface area contributed by atoms with Gasteiger partial charge in [-0.25, -0.2) is 19.6 Å². The summed E-state index contributed by atoms with van der Waals surface area (Å²) in [4.78, 5) is 72.9. The molecule has 14 nitrogen and oxygen atoms in total. The van der Waals surface area contributed by atoms with Gasteiger partial charge in [-0.15, -0.1) is 0 Å². The van der Waals surface area contributed by atoms with E-state index in [4.69, 9.17) is 19.4 Å². The summed E-state index contributed by atoms with van der Waals surface area (Å²) in [6.07, 6.45) is 13.1. The molecule has 2 aromatic heterocycles. The first-order valence-corrected chi connectivity index (χ1v) is 21.4. The average molecular weight is 795 g/mol. The summed E-state index contributed by atoms with van der Waals surface area (Å²) in [6, 6.07) is 7.81. The maximum absolute atomic E-state index is 13.9. The number of carbonyl (C=O) groups is 4. The maximum Gasteiger partial charge on any atom is 0.407 e. The highest BCUT2D eigenvalue weighted by Crippen LogP contribution is 2.59. The van der Waals surface area contributed by atoms with Crippen molar-refractivity contribution in [2.24, 2.45) is 23.7 Å². The van der Waals surface area contributed by atoms with Gasteiger partial charge in [0.05, 0.1) is 38.2 Å². The van der Waals surface area contributed by atoms with E-state index in [1.54, 1.807) is 0 Å². The number of hydrogen-bond acceptors (Lipinski definition) is 8. The predicted molar refractivity (Wildman–Crippen MR) is 214 cm³/mol. The average Bonchev–Trinajstić information content (AvgIpc) is 3.81. The van der Waals surface area contributed by atoms with Crippen molar-refractivity contribution >= 4 is 24.0 Å². The fourth-order valence-electron chi connectivity index (χ4n) is 11.2. The minimum absolute atomic E-state index is 0.0551. The summed E-state index contributed by atoms with van der Waals surface area (Å²) >= 11 is 0. The smallest absolute Gasteiger partial charge is 0.407 e. The molecule has 5 aliphatic carbocycles. The molecule has 0 spiro atoms. The number of amides is 4. The number of ether oxygens (including phenoxy) is 2. The number of aromatic amines is 2. The Morgan fingerprint density at radius 1 is 0.672 bits per heavy atom. The predicted octanol–water partition coefficient (Wildman–Crippen LogP) is 6.43. The number of methoxy groups -OCH3 is 2. The molecule has 310 valence electrons. The van der Waals surface area contributed by atoms with Gasteiger partial charge in [-0.3, -0.25) is 9.59 Å². The third kappa shape index (κ3) is 6.54. The van der Waals surface area contributed by atoms with E-state index in [0.717, 1.165) is 87.1 Å². The molecule has 8 atom stereocenters. The van der Waals surface area contributed by atoms with Gasteiger partial charge in [0.25, 0.3) is 0 Å². The number of H-pyrrole nitrogens is 2. The van der Waals surface area contributed by atoms with E-state index in [1.165, 1.54) is 25.5 Å². The van der Waals surface area contributed by atoms with Crippen molar-refractivity contribution in [3.8, 4) is 11.3 Å². The van der Waals surface area contributed by atoms with Crippen molar-refractivity contribution < 1.29 is 28.7 Å². The first-order chi connectivity index (χ1) is 27.8. The van der Waals surface area contributed by atoms with Gasteiger partial charge in [-0.05, 0) is 104 Å². The summed E-state index contributed by atoms with van der Waals surface area (Å²) in [5, 5.41) is 5.53. The van der Waals surface area contributed by atoms with Crippen molar-refractivity contribution in [1.82, 2.24) is 40.4 Å². The van der Waals surface area contributed by atoms with E-state index in [0.29, 0.717) is 11.8 Å². The third-order valence-electron chi connectivity index (χ3n) is 14.9. The number of rotatable bonds is 11. The van der Waals surface area contributed by atoms with Crippen LogP contribution in [0, 0.1) is 23.7 Å². The molecule has 2 bridgehead atoms. The van der Waals surface area contributed by atoms with Crippen LogP contribution in [0.25, 0.3) is 11.3 Å². The van der Waals surface area contributed by atoms with E-state index in [9.17, 15) is 19.2 Å². The summed E-state index contributed by atoms with van der Waals surface area (Å²) in [6.45, 7) is 7.77. The van der Waals surface area contributed by atoms with Crippen molar-refractivity contribution in [2.75, 3.05) is 14.2 Å². The molecule has 3 aromatic rings. The van der Waals surface area contributed by atoms with Gasteiger partial charge in [0, 0.05) is 29.4 Å². The molecule has 4 N–H and O–H groups in total. The fourth-order valence-corrected chi connectivity index (χ4v) is 11.2. The lowest BCUT2D eigenvalue weighted by atomic mass is 9.51. The van der Waals surface area contributed by atoms with Crippen molar-refractivity contribution in [3.05, 3.63) is 59.6 Å². The number of imidazole rings is 2. The highest BCUT2D eigenvalue weighted by molar-refractivity contribution is 5.88. The summed E-state index contributed by atoms with van der Waals surface area (Å²) in [7, 11) is 2.63. The van der Waals surface area contributed by atoms with Crippen LogP contribution < -0.4 is 10.6 Å². The quantitative estimate of drug-likeness (QED) is 0.172. The van der Waals surface area contributed by atoms with Gasteiger partial charge in [-0.2, -0.15) is 0 Å². The SMILES string of the molecule is COC(=O)N[C@H](C(=O)N1C2CC2C[C@H]1c1ncc(-c2ccc(C34CCC(c5cnc([C@@H]6CC7CC7N6C(=O)[C@@H](NC(=O)OC)C(C)C)[nH]5)(CC3)CC4)cc2)[nH]1)C(C)C. The number of alkyl carbamates (subject to hydrolysis) is 2. The Bertz CT molecular complexity index is 2050. The highest BCUT2D eigenvalue weighted by Gasteiger charge is 2.58.